The van der Waals surface area contributed by atoms with Crippen molar-refractivity contribution < 1.29 is 14.6 Å². The standard InChI is InChI=1S/C28H37N3O3/c32-28(33)22-6-8-23(9-7-22)30-18-20-31(21-19-30)25-12-10-24(11-13-25)29-16-14-27(15-17-29)34-26-4-2-1-3-5-26/h6-13,26-27H,1-5,14-21H2,(H,32,33). The molecule has 5 rings (SSSR count). The van der Waals surface area contributed by atoms with Gasteiger partial charge in [0.05, 0.1) is 17.8 Å². The molecule has 0 aromatic heterocycles. The summed E-state index contributed by atoms with van der Waals surface area (Å²) in [4.78, 5) is 18.3. The molecule has 0 unspecified atom stereocenters. The first kappa shape index (κ1) is 23.0. The average Bonchev–Trinajstić information content (AvgIpc) is 2.90. The van der Waals surface area contributed by atoms with E-state index in [0.717, 1.165) is 57.8 Å². The molecule has 2 heterocycles. The highest BCUT2D eigenvalue weighted by Crippen LogP contribution is 2.28. The predicted molar refractivity (Wildman–Crippen MR) is 137 cm³/mol. The summed E-state index contributed by atoms with van der Waals surface area (Å²) >= 11 is 0. The van der Waals surface area contributed by atoms with E-state index in [0.29, 0.717) is 17.8 Å². The molecular formula is C28H37N3O3. The minimum Gasteiger partial charge on any atom is -0.478 e. The summed E-state index contributed by atoms with van der Waals surface area (Å²) < 4.78 is 6.41. The maximum absolute atomic E-state index is 11.1. The summed E-state index contributed by atoms with van der Waals surface area (Å²) in [5, 5.41) is 9.09. The maximum Gasteiger partial charge on any atom is 0.335 e. The van der Waals surface area contributed by atoms with E-state index in [4.69, 9.17) is 9.84 Å². The van der Waals surface area contributed by atoms with E-state index in [1.54, 1.807) is 12.1 Å². The topological polar surface area (TPSA) is 56.2 Å². The molecule has 182 valence electrons. The second kappa shape index (κ2) is 10.7. The monoisotopic (exact) mass is 463 g/mol. The summed E-state index contributed by atoms with van der Waals surface area (Å²) in [6, 6.07) is 16.3. The Kier molecular flexibility index (Phi) is 7.24. The molecule has 2 saturated heterocycles. The number of aromatic carboxylic acids is 1. The number of hydrogen-bond donors (Lipinski definition) is 1. The molecule has 2 aromatic carbocycles. The van der Waals surface area contributed by atoms with Crippen LogP contribution in [0.2, 0.25) is 0 Å². The van der Waals surface area contributed by atoms with Crippen LogP contribution in [0.25, 0.3) is 0 Å². The van der Waals surface area contributed by atoms with Crippen molar-refractivity contribution in [2.24, 2.45) is 0 Å². The van der Waals surface area contributed by atoms with E-state index in [1.165, 1.54) is 43.5 Å². The van der Waals surface area contributed by atoms with Crippen LogP contribution in [-0.2, 0) is 4.74 Å². The molecule has 1 saturated carbocycles. The van der Waals surface area contributed by atoms with Gasteiger partial charge in [-0.15, -0.1) is 0 Å². The summed E-state index contributed by atoms with van der Waals surface area (Å²) in [5.74, 6) is -0.878. The van der Waals surface area contributed by atoms with E-state index in [2.05, 4.69) is 39.0 Å². The highest BCUT2D eigenvalue weighted by Gasteiger charge is 2.24. The zero-order chi connectivity index (χ0) is 23.3. The Bertz CT molecular complexity index is 924. The maximum atomic E-state index is 11.1. The van der Waals surface area contributed by atoms with Crippen LogP contribution >= 0.6 is 0 Å². The fourth-order valence-electron chi connectivity index (χ4n) is 5.64. The van der Waals surface area contributed by atoms with E-state index < -0.39 is 5.97 Å². The summed E-state index contributed by atoms with van der Waals surface area (Å²) in [7, 11) is 0. The van der Waals surface area contributed by atoms with Crippen molar-refractivity contribution in [3.05, 3.63) is 54.1 Å². The van der Waals surface area contributed by atoms with Crippen LogP contribution in [0.1, 0.15) is 55.3 Å². The van der Waals surface area contributed by atoms with E-state index in [-0.39, 0.29) is 0 Å². The van der Waals surface area contributed by atoms with Gasteiger partial charge in [0.1, 0.15) is 0 Å². The van der Waals surface area contributed by atoms with Crippen LogP contribution in [0.5, 0.6) is 0 Å². The van der Waals surface area contributed by atoms with Crippen LogP contribution in [0.3, 0.4) is 0 Å². The molecule has 6 nitrogen and oxygen atoms in total. The summed E-state index contributed by atoms with van der Waals surface area (Å²) in [5.41, 5.74) is 4.02. The van der Waals surface area contributed by atoms with Gasteiger partial charge in [0, 0.05) is 56.3 Å². The van der Waals surface area contributed by atoms with E-state index >= 15 is 0 Å². The molecule has 0 bridgehead atoms. The highest BCUT2D eigenvalue weighted by atomic mass is 16.5. The lowest BCUT2D eigenvalue weighted by Crippen LogP contribution is -2.46. The number of carbonyl (C=O) groups is 1. The van der Waals surface area contributed by atoms with Crippen molar-refractivity contribution in [2.75, 3.05) is 54.0 Å². The molecule has 34 heavy (non-hydrogen) atoms. The van der Waals surface area contributed by atoms with Gasteiger partial charge in [-0.2, -0.15) is 0 Å². The van der Waals surface area contributed by atoms with Crippen molar-refractivity contribution in [2.45, 2.75) is 57.2 Å². The number of carboxylic acid groups (broad SMARTS) is 1. The number of ether oxygens (including phenoxy) is 1. The minimum atomic E-state index is -0.878. The third kappa shape index (κ3) is 5.49. The number of rotatable bonds is 6. The van der Waals surface area contributed by atoms with Crippen LogP contribution in [0, 0.1) is 0 Å². The smallest absolute Gasteiger partial charge is 0.335 e. The number of piperidine rings is 1. The Morgan fingerprint density at radius 1 is 0.618 bits per heavy atom. The molecule has 3 aliphatic rings. The fourth-order valence-corrected chi connectivity index (χ4v) is 5.64. The number of piperazine rings is 1. The van der Waals surface area contributed by atoms with E-state index in [1.807, 2.05) is 12.1 Å². The van der Waals surface area contributed by atoms with E-state index in [9.17, 15) is 4.79 Å². The Labute approximate surface area is 203 Å². The Morgan fingerprint density at radius 2 is 1.03 bits per heavy atom. The molecule has 0 spiro atoms. The number of carboxylic acids is 1. The van der Waals surface area contributed by atoms with Gasteiger partial charge < -0.3 is 24.5 Å². The molecule has 1 N–H and O–H groups in total. The molecule has 2 aliphatic heterocycles. The van der Waals surface area contributed by atoms with Crippen molar-refractivity contribution in [1.82, 2.24) is 0 Å². The van der Waals surface area contributed by atoms with Gasteiger partial charge in [0.15, 0.2) is 0 Å². The van der Waals surface area contributed by atoms with Gasteiger partial charge >= 0.3 is 5.97 Å². The van der Waals surface area contributed by atoms with Gasteiger partial charge in [-0.05, 0) is 74.2 Å². The number of nitrogens with zero attached hydrogens (tertiary/aromatic N) is 3. The van der Waals surface area contributed by atoms with Crippen molar-refractivity contribution in [3.63, 3.8) is 0 Å². The molecule has 2 aromatic rings. The quantitative estimate of drug-likeness (QED) is 0.649. The lowest BCUT2D eigenvalue weighted by Gasteiger charge is -2.38. The zero-order valence-corrected chi connectivity index (χ0v) is 20.1. The van der Waals surface area contributed by atoms with Crippen LogP contribution in [0.4, 0.5) is 17.1 Å². The second-order valence-electron chi connectivity index (χ2n) is 9.93. The van der Waals surface area contributed by atoms with Gasteiger partial charge in [-0.25, -0.2) is 4.79 Å². The third-order valence-electron chi connectivity index (χ3n) is 7.72. The third-order valence-corrected chi connectivity index (χ3v) is 7.72. The van der Waals surface area contributed by atoms with Crippen LogP contribution < -0.4 is 14.7 Å². The largest absolute Gasteiger partial charge is 0.478 e. The van der Waals surface area contributed by atoms with Gasteiger partial charge in [0.2, 0.25) is 0 Å². The first-order valence-electron chi connectivity index (χ1n) is 13.0. The second-order valence-corrected chi connectivity index (χ2v) is 9.93. The van der Waals surface area contributed by atoms with Crippen LogP contribution in [-0.4, -0.2) is 62.6 Å². The first-order valence-corrected chi connectivity index (χ1v) is 13.0. The fraction of sp³-hybridized carbons (Fsp3) is 0.536. The normalized spacial score (nSPS) is 20.5. The predicted octanol–water partition coefficient (Wildman–Crippen LogP) is 5.03. The molecule has 1 aliphatic carbocycles. The SMILES string of the molecule is O=C(O)c1ccc(N2CCN(c3ccc(N4CCC(OC5CCCCC5)CC4)cc3)CC2)cc1. The Morgan fingerprint density at radius 3 is 1.50 bits per heavy atom. The molecule has 0 radical (unpaired) electrons. The molecular weight excluding hydrogens is 426 g/mol. The average molecular weight is 464 g/mol. The summed E-state index contributed by atoms with van der Waals surface area (Å²) in [6.07, 6.45) is 9.78. The number of anilines is 3. The molecule has 0 amide bonds. The lowest BCUT2D eigenvalue weighted by molar-refractivity contribution is -0.0395. The Hall–Kier alpha value is -2.73. The molecule has 0 atom stereocenters. The van der Waals surface area contributed by atoms with Crippen molar-refractivity contribution in [1.29, 1.82) is 0 Å². The molecule has 3 fully saturated rings. The minimum absolute atomic E-state index is 0.337. The molecule has 6 heteroatoms. The van der Waals surface area contributed by atoms with Crippen molar-refractivity contribution >= 4 is 23.0 Å². The van der Waals surface area contributed by atoms with Crippen molar-refractivity contribution in [3.8, 4) is 0 Å². The first-order chi connectivity index (χ1) is 16.7. The Balaban J connectivity index is 1.09. The van der Waals surface area contributed by atoms with Crippen LogP contribution in [0.15, 0.2) is 48.5 Å². The summed E-state index contributed by atoms with van der Waals surface area (Å²) in [6.45, 7) is 5.95. The zero-order valence-electron chi connectivity index (χ0n) is 20.1. The number of benzene rings is 2. The van der Waals surface area contributed by atoms with Gasteiger partial charge in [0.25, 0.3) is 0 Å². The highest BCUT2D eigenvalue weighted by molar-refractivity contribution is 5.88. The van der Waals surface area contributed by atoms with Gasteiger partial charge in [-0.3, -0.25) is 0 Å². The number of hydrogen-bond acceptors (Lipinski definition) is 5. The lowest BCUT2D eigenvalue weighted by atomic mass is 9.97. The van der Waals surface area contributed by atoms with Gasteiger partial charge in [-0.1, -0.05) is 19.3 Å².